The summed E-state index contributed by atoms with van der Waals surface area (Å²) in [6, 6.07) is 13.4. The summed E-state index contributed by atoms with van der Waals surface area (Å²) in [6.07, 6.45) is 1.45. The average molecular weight is 373 g/mol. The van der Waals surface area contributed by atoms with E-state index in [2.05, 4.69) is 21.2 Å². The van der Waals surface area contributed by atoms with Gasteiger partial charge in [-0.25, -0.2) is 0 Å². The van der Waals surface area contributed by atoms with Crippen LogP contribution in [0.3, 0.4) is 0 Å². The quantitative estimate of drug-likeness (QED) is 0.632. The third-order valence-electron chi connectivity index (χ3n) is 3.00. The van der Waals surface area contributed by atoms with Crippen LogP contribution in [0.5, 0.6) is 11.5 Å². The van der Waals surface area contributed by atoms with Crippen molar-refractivity contribution in [3.8, 4) is 17.6 Å². The number of hydrogen-bond acceptors (Lipinski definition) is 4. The van der Waals surface area contributed by atoms with E-state index in [0.29, 0.717) is 21.5 Å². The van der Waals surface area contributed by atoms with E-state index >= 15 is 0 Å². The van der Waals surface area contributed by atoms with Gasteiger partial charge in [0.15, 0.2) is 0 Å². The third-order valence-corrected chi connectivity index (χ3v) is 3.63. The van der Waals surface area contributed by atoms with E-state index < -0.39 is 5.91 Å². The molecule has 0 aliphatic heterocycles. The van der Waals surface area contributed by atoms with Gasteiger partial charge in [-0.3, -0.25) is 4.79 Å². The Balaban J connectivity index is 2.18. The van der Waals surface area contributed by atoms with Gasteiger partial charge in [-0.05, 0) is 64.0 Å². The topological polar surface area (TPSA) is 82.3 Å². The Labute approximate surface area is 142 Å². The molecule has 0 aliphatic rings. The molecule has 0 aliphatic carbocycles. The van der Waals surface area contributed by atoms with Crippen molar-refractivity contribution in [2.24, 2.45) is 0 Å². The minimum Gasteiger partial charge on any atom is -0.507 e. The normalized spacial score (nSPS) is 10.7. The molecule has 0 aromatic heterocycles. The number of halogens is 1. The van der Waals surface area contributed by atoms with Crippen molar-refractivity contribution in [1.29, 1.82) is 5.26 Å². The van der Waals surface area contributed by atoms with Crippen molar-refractivity contribution < 1.29 is 14.6 Å². The lowest BCUT2D eigenvalue weighted by molar-refractivity contribution is -0.112. The molecule has 0 bridgehead atoms. The number of rotatable bonds is 4. The van der Waals surface area contributed by atoms with Gasteiger partial charge in [0.05, 0.1) is 11.6 Å². The van der Waals surface area contributed by atoms with E-state index in [1.165, 1.54) is 12.1 Å². The molecule has 116 valence electrons. The van der Waals surface area contributed by atoms with Crippen LogP contribution in [0.15, 0.2) is 52.5 Å². The van der Waals surface area contributed by atoms with Crippen LogP contribution < -0.4 is 10.1 Å². The summed E-state index contributed by atoms with van der Waals surface area (Å²) >= 11 is 3.19. The van der Waals surface area contributed by atoms with E-state index in [1.807, 2.05) is 6.07 Å². The first kappa shape index (κ1) is 16.6. The number of aromatic hydroxyl groups is 1. The number of ether oxygens (including phenoxy) is 1. The molecule has 6 heteroatoms. The molecule has 2 rings (SSSR count). The number of phenolic OH excluding ortho intramolecular Hbond substituents is 1. The van der Waals surface area contributed by atoms with Gasteiger partial charge in [0.2, 0.25) is 0 Å². The fourth-order valence-corrected chi connectivity index (χ4v) is 2.20. The molecule has 0 atom stereocenters. The summed E-state index contributed by atoms with van der Waals surface area (Å²) in [4.78, 5) is 12.2. The minimum atomic E-state index is -0.512. The summed E-state index contributed by atoms with van der Waals surface area (Å²) in [6.45, 7) is 0. The first-order valence-corrected chi connectivity index (χ1v) is 7.38. The number of hydrogen-bond donors (Lipinski definition) is 2. The zero-order chi connectivity index (χ0) is 16.8. The molecule has 0 radical (unpaired) electrons. The highest BCUT2D eigenvalue weighted by molar-refractivity contribution is 9.10. The molecule has 0 unspecified atom stereocenters. The van der Waals surface area contributed by atoms with Crippen LogP contribution in [0.1, 0.15) is 5.56 Å². The summed E-state index contributed by atoms with van der Waals surface area (Å²) in [5.41, 5.74) is 1.14. The van der Waals surface area contributed by atoms with Gasteiger partial charge in [-0.1, -0.05) is 6.07 Å². The fourth-order valence-electron chi connectivity index (χ4n) is 1.80. The van der Waals surface area contributed by atoms with Gasteiger partial charge in [0.25, 0.3) is 5.91 Å². The molecule has 2 aromatic rings. The largest absolute Gasteiger partial charge is 0.507 e. The lowest BCUT2D eigenvalue weighted by Gasteiger charge is -2.06. The van der Waals surface area contributed by atoms with Crippen molar-refractivity contribution >= 4 is 33.6 Å². The molecule has 2 N–H and O–H groups in total. The Morgan fingerprint density at radius 1 is 1.30 bits per heavy atom. The Hall–Kier alpha value is -2.78. The summed E-state index contributed by atoms with van der Waals surface area (Å²) in [5.74, 6) is 0.248. The number of benzene rings is 2. The SMILES string of the molecule is COc1ccc(NC(=O)/C(C#N)=C\c2ccc(O)c(Br)c2)cc1. The Bertz CT molecular complexity index is 792. The number of amides is 1. The molecular weight excluding hydrogens is 360 g/mol. The number of carbonyl (C=O) groups excluding carboxylic acids is 1. The molecule has 23 heavy (non-hydrogen) atoms. The van der Waals surface area contributed by atoms with Crippen LogP contribution in [0, 0.1) is 11.3 Å². The number of nitrogens with one attached hydrogen (secondary N) is 1. The standard InChI is InChI=1S/C17H13BrN2O3/c1-23-14-5-3-13(4-6-14)20-17(22)12(10-19)8-11-2-7-16(21)15(18)9-11/h2-9,21H,1H3,(H,20,22)/b12-8-. The Kier molecular flexibility index (Phi) is 5.39. The van der Waals surface area contributed by atoms with E-state index in [9.17, 15) is 15.2 Å². The van der Waals surface area contributed by atoms with Crippen molar-refractivity contribution in [2.75, 3.05) is 12.4 Å². The monoisotopic (exact) mass is 372 g/mol. The highest BCUT2D eigenvalue weighted by Crippen LogP contribution is 2.25. The highest BCUT2D eigenvalue weighted by atomic mass is 79.9. The third kappa shape index (κ3) is 4.34. The van der Waals surface area contributed by atoms with Crippen LogP contribution in [0.4, 0.5) is 5.69 Å². The number of methoxy groups -OCH3 is 1. The zero-order valence-electron chi connectivity index (χ0n) is 12.2. The second-order valence-corrected chi connectivity index (χ2v) is 5.42. The second-order valence-electron chi connectivity index (χ2n) is 4.56. The molecule has 1 amide bonds. The van der Waals surface area contributed by atoms with Crippen molar-refractivity contribution in [3.05, 3.63) is 58.1 Å². The number of phenols is 1. The van der Waals surface area contributed by atoms with E-state index in [-0.39, 0.29) is 11.3 Å². The molecule has 0 fully saturated rings. The highest BCUT2D eigenvalue weighted by Gasteiger charge is 2.10. The summed E-state index contributed by atoms with van der Waals surface area (Å²) in [5, 5.41) is 21.3. The molecule has 0 spiro atoms. The number of nitriles is 1. The molecule has 0 saturated heterocycles. The van der Waals surface area contributed by atoms with Crippen molar-refractivity contribution in [3.63, 3.8) is 0 Å². The van der Waals surface area contributed by atoms with Crippen molar-refractivity contribution in [1.82, 2.24) is 0 Å². The van der Waals surface area contributed by atoms with Crippen LogP contribution in [0.25, 0.3) is 6.08 Å². The molecule has 2 aromatic carbocycles. The Morgan fingerprint density at radius 2 is 2.00 bits per heavy atom. The Morgan fingerprint density at radius 3 is 2.57 bits per heavy atom. The van der Waals surface area contributed by atoms with Crippen LogP contribution in [-0.4, -0.2) is 18.1 Å². The van der Waals surface area contributed by atoms with E-state index in [4.69, 9.17) is 4.74 Å². The smallest absolute Gasteiger partial charge is 0.266 e. The van der Waals surface area contributed by atoms with Gasteiger partial charge < -0.3 is 15.2 Å². The molecule has 0 saturated carbocycles. The average Bonchev–Trinajstić information content (AvgIpc) is 2.56. The van der Waals surface area contributed by atoms with Gasteiger partial charge in [0, 0.05) is 5.69 Å². The van der Waals surface area contributed by atoms with Crippen LogP contribution in [0.2, 0.25) is 0 Å². The van der Waals surface area contributed by atoms with Gasteiger partial charge in [-0.2, -0.15) is 5.26 Å². The number of carbonyl (C=O) groups is 1. The lowest BCUT2D eigenvalue weighted by Crippen LogP contribution is -2.13. The summed E-state index contributed by atoms with van der Waals surface area (Å²) in [7, 11) is 1.56. The van der Waals surface area contributed by atoms with Gasteiger partial charge in [0.1, 0.15) is 23.1 Å². The van der Waals surface area contributed by atoms with Gasteiger partial charge in [-0.15, -0.1) is 0 Å². The summed E-state index contributed by atoms with van der Waals surface area (Å²) < 4.78 is 5.53. The van der Waals surface area contributed by atoms with E-state index in [1.54, 1.807) is 43.5 Å². The fraction of sp³-hybridized carbons (Fsp3) is 0.0588. The molecule has 5 nitrogen and oxygen atoms in total. The predicted molar refractivity (Wildman–Crippen MR) is 91.0 cm³/mol. The maximum atomic E-state index is 12.2. The maximum absolute atomic E-state index is 12.2. The van der Waals surface area contributed by atoms with Crippen LogP contribution in [-0.2, 0) is 4.79 Å². The zero-order valence-corrected chi connectivity index (χ0v) is 13.8. The second kappa shape index (κ2) is 7.47. The first-order chi connectivity index (χ1) is 11.0. The number of nitrogens with zero attached hydrogens (tertiary/aromatic N) is 1. The predicted octanol–water partition coefficient (Wildman–Crippen LogP) is 3.71. The maximum Gasteiger partial charge on any atom is 0.266 e. The van der Waals surface area contributed by atoms with E-state index in [0.717, 1.165) is 0 Å². The lowest BCUT2D eigenvalue weighted by atomic mass is 10.1. The minimum absolute atomic E-state index is 0.0431. The molecular formula is C17H13BrN2O3. The number of anilines is 1. The van der Waals surface area contributed by atoms with Crippen molar-refractivity contribution in [2.45, 2.75) is 0 Å². The van der Waals surface area contributed by atoms with Gasteiger partial charge >= 0.3 is 0 Å². The van der Waals surface area contributed by atoms with Crippen LogP contribution >= 0.6 is 15.9 Å². The first-order valence-electron chi connectivity index (χ1n) is 6.59. The molecule has 0 heterocycles.